The quantitative estimate of drug-likeness (QED) is 0.631. The topological polar surface area (TPSA) is 90.6 Å². The second-order valence-electron chi connectivity index (χ2n) is 9.02. The molecule has 0 spiro atoms. The predicted molar refractivity (Wildman–Crippen MR) is 125 cm³/mol. The van der Waals surface area contributed by atoms with Crippen LogP contribution in [0, 0.1) is 5.82 Å². The molecule has 3 heterocycles. The summed E-state index contributed by atoms with van der Waals surface area (Å²) in [6, 6.07) is 8.64. The zero-order valence-corrected chi connectivity index (χ0v) is 19.0. The van der Waals surface area contributed by atoms with Crippen molar-refractivity contribution in [3.05, 3.63) is 48.5 Å². The van der Waals surface area contributed by atoms with E-state index in [1.54, 1.807) is 31.7 Å². The number of ether oxygens (including phenoxy) is 1. The summed E-state index contributed by atoms with van der Waals surface area (Å²) in [4.78, 5) is 35.7. The van der Waals surface area contributed by atoms with Crippen LogP contribution in [0.2, 0.25) is 0 Å². The molecule has 1 aliphatic rings. The Labute approximate surface area is 191 Å². The smallest absolute Gasteiger partial charge is 0.408 e. The van der Waals surface area contributed by atoms with Gasteiger partial charge in [0.15, 0.2) is 0 Å². The Kier molecular flexibility index (Phi) is 6.22. The molecule has 2 amide bonds. The molecule has 0 aliphatic carbocycles. The summed E-state index contributed by atoms with van der Waals surface area (Å²) in [5.74, 6) is 0.422. The highest BCUT2D eigenvalue weighted by Crippen LogP contribution is 2.29. The van der Waals surface area contributed by atoms with Gasteiger partial charge in [-0.25, -0.2) is 14.2 Å². The van der Waals surface area contributed by atoms with Gasteiger partial charge in [0.1, 0.15) is 23.8 Å². The Morgan fingerprint density at radius 1 is 1.15 bits per heavy atom. The van der Waals surface area contributed by atoms with Crippen LogP contribution in [0.3, 0.4) is 0 Å². The minimum Gasteiger partial charge on any atom is -0.444 e. The number of fused-ring (bicyclic) bond motifs is 1. The van der Waals surface area contributed by atoms with Crippen molar-refractivity contribution in [3.8, 4) is 11.1 Å². The van der Waals surface area contributed by atoms with E-state index in [1.807, 2.05) is 24.5 Å². The fourth-order valence-corrected chi connectivity index (χ4v) is 3.83. The van der Waals surface area contributed by atoms with E-state index in [-0.39, 0.29) is 18.3 Å². The molecule has 8 nitrogen and oxygen atoms in total. The first-order valence-corrected chi connectivity index (χ1v) is 10.9. The molecule has 1 aromatic carbocycles. The summed E-state index contributed by atoms with van der Waals surface area (Å²) in [5.41, 5.74) is 2.06. The number of alkyl carbamates (subject to hydrolysis) is 1. The van der Waals surface area contributed by atoms with Gasteiger partial charge in [-0.1, -0.05) is 0 Å². The van der Waals surface area contributed by atoms with Crippen molar-refractivity contribution in [3.63, 3.8) is 0 Å². The minimum atomic E-state index is -0.604. The van der Waals surface area contributed by atoms with Gasteiger partial charge in [-0.05, 0) is 51.1 Å². The molecule has 1 aliphatic heterocycles. The SMILES string of the molecule is CC(C)(C)OC(=O)NCC(=O)N1CCN(c2ccc(-c3c[nH]c4cc(F)ccc34)cn2)CC1. The predicted octanol–water partition coefficient (Wildman–Crippen LogP) is 3.54. The Bertz CT molecular complexity index is 1150. The van der Waals surface area contributed by atoms with Gasteiger partial charge in [0.25, 0.3) is 0 Å². The number of H-pyrrole nitrogens is 1. The van der Waals surface area contributed by atoms with Crippen molar-refractivity contribution in [1.29, 1.82) is 0 Å². The molecular formula is C24H28FN5O3. The molecule has 1 fully saturated rings. The van der Waals surface area contributed by atoms with E-state index in [4.69, 9.17) is 4.74 Å². The van der Waals surface area contributed by atoms with Crippen LogP contribution in [0.4, 0.5) is 15.0 Å². The molecular weight excluding hydrogens is 425 g/mol. The maximum Gasteiger partial charge on any atom is 0.408 e. The average Bonchev–Trinajstić information content (AvgIpc) is 3.19. The van der Waals surface area contributed by atoms with E-state index >= 15 is 0 Å². The lowest BCUT2D eigenvalue weighted by Gasteiger charge is -2.35. The summed E-state index contributed by atoms with van der Waals surface area (Å²) < 4.78 is 18.6. The molecule has 1 saturated heterocycles. The second kappa shape index (κ2) is 9.09. The third-order valence-corrected chi connectivity index (χ3v) is 5.44. The zero-order valence-electron chi connectivity index (χ0n) is 19.0. The molecule has 2 aromatic heterocycles. The summed E-state index contributed by atoms with van der Waals surface area (Å²) in [6.07, 6.45) is 3.07. The number of carbonyl (C=O) groups excluding carboxylic acids is 2. The standard InChI is InChI=1S/C24H28FN5O3/c1-24(2,3)33-23(32)28-15-22(31)30-10-8-29(9-11-30)21-7-4-16(13-27-21)19-14-26-20-12-17(25)5-6-18(19)20/h4-7,12-14,26H,8-11,15H2,1-3H3,(H,28,32). The lowest BCUT2D eigenvalue weighted by atomic mass is 10.1. The van der Waals surface area contributed by atoms with E-state index in [9.17, 15) is 14.0 Å². The highest BCUT2D eigenvalue weighted by Gasteiger charge is 2.23. The van der Waals surface area contributed by atoms with E-state index in [2.05, 4.69) is 20.2 Å². The fourth-order valence-electron chi connectivity index (χ4n) is 3.83. The third kappa shape index (κ3) is 5.42. The van der Waals surface area contributed by atoms with Crippen molar-refractivity contribution in [2.45, 2.75) is 26.4 Å². The number of anilines is 1. The molecule has 0 radical (unpaired) electrons. The molecule has 0 saturated carbocycles. The largest absolute Gasteiger partial charge is 0.444 e. The van der Waals surface area contributed by atoms with Crippen LogP contribution in [-0.4, -0.2) is 65.2 Å². The van der Waals surface area contributed by atoms with Crippen molar-refractivity contribution in [2.24, 2.45) is 0 Å². The molecule has 9 heteroatoms. The number of nitrogens with one attached hydrogen (secondary N) is 2. The van der Waals surface area contributed by atoms with E-state index in [0.717, 1.165) is 27.8 Å². The number of aromatic nitrogens is 2. The summed E-state index contributed by atoms with van der Waals surface area (Å²) >= 11 is 0. The van der Waals surface area contributed by atoms with E-state index < -0.39 is 11.7 Å². The molecule has 0 atom stereocenters. The Morgan fingerprint density at radius 3 is 2.58 bits per heavy atom. The van der Waals surface area contributed by atoms with Crippen molar-refractivity contribution >= 4 is 28.7 Å². The van der Waals surface area contributed by atoms with Crippen molar-refractivity contribution in [2.75, 3.05) is 37.6 Å². The Morgan fingerprint density at radius 2 is 1.91 bits per heavy atom. The van der Waals surface area contributed by atoms with Gasteiger partial charge in [0.05, 0.1) is 0 Å². The number of aromatic amines is 1. The first kappa shape index (κ1) is 22.6. The van der Waals surface area contributed by atoms with Crippen molar-refractivity contribution < 1.29 is 18.7 Å². The number of nitrogens with zero attached hydrogens (tertiary/aromatic N) is 3. The first-order chi connectivity index (χ1) is 15.7. The zero-order chi connectivity index (χ0) is 23.6. The lowest BCUT2D eigenvalue weighted by molar-refractivity contribution is -0.130. The monoisotopic (exact) mass is 453 g/mol. The van der Waals surface area contributed by atoms with Gasteiger partial charge < -0.3 is 24.8 Å². The number of amides is 2. The maximum absolute atomic E-state index is 13.4. The van der Waals surface area contributed by atoms with E-state index in [0.29, 0.717) is 26.2 Å². The van der Waals surface area contributed by atoms with Crippen LogP contribution in [0.25, 0.3) is 22.0 Å². The number of hydrogen-bond donors (Lipinski definition) is 2. The van der Waals surface area contributed by atoms with Gasteiger partial charge >= 0.3 is 6.09 Å². The number of rotatable bonds is 4. The van der Waals surface area contributed by atoms with Gasteiger partial charge in [-0.2, -0.15) is 0 Å². The summed E-state index contributed by atoms with van der Waals surface area (Å²) in [7, 11) is 0. The second-order valence-corrected chi connectivity index (χ2v) is 9.02. The van der Waals surface area contributed by atoms with Crippen LogP contribution in [-0.2, 0) is 9.53 Å². The molecule has 3 aromatic rings. The number of benzene rings is 1. The highest BCUT2D eigenvalue weighted by molar-refractivity contribution is 5.95. The normalized spacial score (nSPS) is 14.4. The third-order valence-electron chi connectivity index (χ3n) is 5.44. The number of halogens is 1. The Balaban J connectivity index is 1.32. The average molecular weight is 454 g/mol. The van der Waals surface area contributed by atoms with Crippen LogP contribution in [0.15, 0.2) is 42.7 Å². The number of pyridine rings is 1. The lowest BCUT2D eigenvalue weighted by Crippen LogP contribution is -2.51. The molecule has 33 heavy (non-hydrogen) atoms. The van der Waals surface area contributed by atoms with Gasteiger partial charge in [-0.3, -0.25) is 4.79 Å². The molecule has 0 unspecified atom stereocenters. The molecule has 2 N–H and O–H groups in total. The first-order valence-electron chi connectivity index (χ1n) is 10.9. The van der Waals surface area contributed by atoms with Gasteiger partial charge in [0.2, 0.25) is 5.91 Å². The maximum atomic E-state index is 13.4. The van der Waals surface area contributed by atoms with E-state index in [1.165, 1.54) is 12.1 Å². The highest BCUT2D eigenvalue weighted by atomic mass is 19.1. The Hall–Kier alpha value is -3.62. The van der Waals surface area contributed by atoms with Crippen LogP contribution in [0.1, 0.15) is 20.8 Å². The van der Waals surface area contributed by atoms with Gasteiger partial charge in [0, 0.05) is 60.6 Å². The fraction of sp³-hybridized carbons (Fsp3) is 0.375. The van der Waals surface area contributed by atoms with Crippen molar-refractivity contribution in [1.82, 2.24) is 20.2 Å². The minimum absolute atomic E-state index is 0.0869. The van der Waals surface area contributed by atoms with Crippen LogP contribution in [0.5, 0.6) is 0 Å². The van der Waals surface area contributed by atoms with Gasteiger partial charge in [-0.15, -0.1) is 0 Å². The molecule has 4 rings (SSSR count). The number of piperazine rings is 1. The molecule has 174 valence electrons. The number of hydrogen-bond acceptors (Lipinski definition) is 5. The molecule has 0 bridgehead atoms. The van der Waals surface area contributed by atoms with Crippen LogP contribution < -0.4 is 10.2 Å². The van der Waals surface area contributed by atoms with Crippen LogP contribution >= 0.6 is 0 Å². The summed E-state index contributed by atoms with van der Waals surface area (Å²) in [6.45, 7) is 7.63. The number of carbonyl (C=O) groups is 2. The summed E-state index contributed by atoms with van der Waals surface area (Å²) in [5, 5.41) is 3.46.